The monoisotopic (exact) mass is 281 g/mol. The highest BCUT2D eigenvalue weighted by molar-refractivity contribution is 5.87. The number of aliphatic carboxylic acids is 1. The quantitative estimate of drug-likeness (QED) is 0.855. The Hall–Kier alpha value is -2.55. The highest BCUT2D eigenvalue weighted by Gasteiger charge is 2.09. The van der Waals surface area contributed by atoms with Crippen molar-refractivity contribution in [2.24, 2.45) is 0 Å². The summed E-state index contributed by atoms with van der Waals surface area (Å²) < 4.78 is 0. The summed E-state index contributed by atoms with van der Waals surface area (Å²) in [5.74, 6) is -0.945. The van der Waals surface area contributed by atoms with Crippen LogP contribution < -0.4 is 4.90 Å². The Labute approximate surface area is 125 Å². The standard InChI is InChI=1S/C18H19NO2/c1-13-8-10-16(14(2)12-13)19(3)17-7-5-4-6-15(17)9-11-18(20)21/h4-12H,1-3H3,(H,20,21). The van der Waals surface area contributed by atoms with Crippen LogP contribution in [-0.4, -0.2) is 18.1 Å². The Kier molecular flexibility index (Phi) is 4.43. The van der Waals surface area contributed by atoms with Crippen molar-refractivity contribution in [3.63, 3.8) is 0 Å². The molecule has 3 heteroatoms. The second kappa shape index (κ2) is 6.27. The molecule has 0 aliphatic carbocycles. The molecule has 0 bridgehead atoms. The molecule has 2 aromatic carbocycles. The number of para-hydroxylation sites is 1. The van der Waals surface area contributed by atoms with Gasteiger partial charge in [0.05, 0.1) is 0 Å². The summed E-state index contributed by atoms with van der Waals surface area (Å²) in [6.45, 7) is 4.15. The summed E-state index contributed by atoms with van der Waals surface area (Å²) in [4.78, 5) is 12.8. The van der Waals surface area contributed by atoms with Gasteiger partial charge in [-0.2, -0.15) is 0 Å². The lowest BCUT2D eigenvalue weighted by molar-refractivity contribution is -0.131. The molecule has 0 heterocycles. The molecule has 21 heavy (non-hydrogen) atoms. The molecule has 2 rings (SSSR count). The highest BCUT2D eigenvalue weighted by atomic mass is 16.4. The number of anilines is 2. The topological polar surface area (TPSA) is 40.5 Å². The van der Waals surface area contributed by atoms with Gasteiger partial charge in [0.1, 0.15) is 0 Å². The first-order valence-electron chi connectivity index (χ1n) is 6.80. The summed E-state index contributed by atoms with van der Waals surface area (Å²) in [5, 5.41) is 8.80. The van der Waals surface area contributed by atoms with Gasteiger partial charge in [-0.1, -0.05) is 35.9 Å². The van der Waals surface area contributed by atoms with E-state index in [2.05, 4.69) is 36.9 Å². The maximum absolute atomic E-state index is 10.7. The van der Waals surface area contributed by atoms with Gasteiger partial charge in [0.25, 0.3) is 0 Å². The molecule has 0 radical (unpaired) electrons. The number of aryl methyl sites for hydroxylation is 2. The summed E-state index contributed by atoms with van der Waals surface area (Å²) >= 11 is 0. The zero-order valence-electron chi connectivity index (χ0n) is 12.5. The van der Waals surface area contributed by atoms with Crippen LogP contribution in [0, 0.1) is 13.8 Å². The summed E-state index contributed by atoms with van der Waals surface area (Å²) in [6, 6.07) is 14.1. The fraction of sp³-hybridized carbons (Fsp3) is 0.167. The predicted octanol–water partition coefficient (Wildman–Crippen LogP) is 4.17. The first-order chi connectivity index (χ1) is 9.99. The first kappa shape index (κ1) is 14.9. The van der Waals surface area contributed by atoms with E-state index in [1.807, 2.05) is 31.3 Å². The van der Waals surface area contributed by atoms with Crippen molar-refractivity contribution < 1.29 is 9.90 Å². The maximum Gasteiger partial charge on any atom is 0.328 e. The lowest BCUT2D eigenvalue weighted by atomic mass is 10.1. The number of carboxylic acids is 1. The van der Waals surface area contributed by atoms with Gasteiger partial charge in [-0.25, -0.2) is 4.79 Å². The van der Waals surface area contributed by atoms with E-state index < -0.39 is 5.97 Å². The minimum Gasteiger partial charge on any atom is -0.478 e. The minimum atomic E-state index is -0.945. The van der Waals surface area contributed by atoms with Crippen molar-refractivity contribution >= 4 is 23.4 Å². The summed E-state index contributed by atoms with van der Waals surface area (Å²) in [5.41, 5.74) is 5.37. The fourth-order valence-electron chi connectivity index (χ4n) is 2.41. The zero-order valence-corrected chi connectivity index (χ0v) is 12.5. The number of nitrogens with zero attached hydrogens (tertiary/aromatic N) is 1. The van der Waals surface area contributed by atoms with Gasteiger partial charge in [0.2, 0.25) is 0 Å². The molecular formula is C18H19NO2. The van der Waals surface area contributed by atoms with Crippen LogP contribution in [0.15, 0.2) is 48.5 Å². The average Bonchev–Trinajstić information content (AvgIpc) is 2.45. The fourth-order valence-corrected chi connectivity index (χ4v) is 2.41. The third-order valence-corrected chi connectivity index (χ3v) is 3.42. The Bertz CT molecular complexity index is 689. The number of carbonyl (C=O) groups is 1. The van der Waals surface area contributed by atoms with E-state index in [-0.39, 0.29) is 0 Å². The smallest absolute Gasteiger partial charge is 0.328 e. The molecule has 0 saturated heterocycles. The van der Waals surface area contributed by atoms with E-state index in [1.165, 1.54) is 11.1 Å². The number of rotatable bonds is 4. The normalized spacial score (nSPS) is 10.8. The number of carboxylic acid groups (broad SMARTS) is 1. The lowest BCUT2D eigenvalue weighted by Crippen LogP contribution is -2.12. The van der Waals surface area contributed by atoms with Crippen LogP contribution in [0.2, 0.25) is 0 Å². The molecule has 1 N–H and O–H groups in total. The van der Waals surface area contributed by atoms with Gasteiger partial charge in [-0.05, 0) is 43.2 Å². The van der Waals surface area contributed by atoms with Crippen LogP contribution in [0.25, 0.3) is 6.08 Å². The van der Waals surface area contributed by atoms with E-state index in [0.717, 1.165) is 23.0 Å². The van der Waals surface area contributed by atoms with Crippen molar-refractivity contribution in [3.8, 4) is 0 Å². The molecular weight excluding hydrogens is 262 g/mol. The molecule has 0 fully saturated rings. The molecule has 108 valence electrons. The van der Waals surface area contributed by atoms with Crippen LogP contribution in [-0.2, 0) is 4.79 Å². The molecule has 0 atom stereocenters. The minimum absolute atomic E-state index is 0.877. The molecule has 0 unspecified atom stereocenters. The Morgan fingerprint density at radius 1 is 1.10 bits per heavy atom. The van der Waals surface area contributed by atoms with E-state index in [0.29, 0.717) is 0 Å². The molecule has 0 spiro atoms. The highest BCUT2D eigenvalue weighted by Crippen LogP contribution is 2.30. The van der Waals surface area contributed by atoms with Crippen LogP contribution in [0.1, 0.15) is 16.7 Å². The zero-order chi connectivity index (χ0) is 15.4. The van der Waals surface area contributed by atoms with Gasteiger partial charge in [-0.15, -0.1) is 0 Å². The van der Waals surface area contributed by atoms with Crippen LogP contribution in [0.3, 0.4) is 0 Å². The van der Waals surface area contributed by atoms with Gasteiger partial charge >= 0.3 is 5.97 Å². The van der Waals surface area contributed by atoms with Crippen LogP contribution >= 0.6 is 0 Å². The summed E-state index contributed by atoms with van der Waals surface area (Å²) in [6.07, 6.45) is 2.78. The Balaban J connectivity index is 2.43. The van der Waals surface area contributed by atoms with Gasteiger partial charge in [-0.3, -0.25) is 0 Å². The average molecular weight is 281 g/mol. The lowest BCUT2D eigenvalue weighted by Gasteiger charge is -2.23. The maximum atomic E-state index is 10.7. The molecule has 0 aromatic heterocycles. The van der Waals surface area contributed by atoms with Gasteiger partial charge in [0.15, 0.2) is 0 Å². The van der Waals surface area contributed by atoms with Crippen molar-refractivity contribution in [1.82, 2.24) is 0 Å². The van der Waals surface area contributed by atoms with Crippen molar-refractivity contribution in [2.75, 3.05) is 11.9 Å². The molecule has 0 amide bonds. The number of hydrogen-bond donors (Lipinski definition) is 1. The SMILES string of the molecule is Cc1ccc(N(C)c2ccccc2C=CC(=O)O)c(C)c1. The molecule has 2 aromatic rings. The van der Waals surface area contributed by atoms with Gasteiger partial charge < -0.3 is 10.0 Å². The van der Waals surface area contributed by atoms with E-state index in [9.17, 15) is 4.79 Å². The first-order valence-corrected chi connectivity index (χ1v) is 6.80. The number of benzene rings is 2. The largest absolute Gasteiger partial charge is 0.478 e. The van der Waals surface area contributed by atoms with E-state index >= 15 is 0 Å². The van der Waals surface area contributed by atoms with Crippen molar-refractivity contribution in [2.45, 2.75) is 13.8 Å². The third-order valence-electron chi connectivity index (χ3n) is 3.42. The van der Waals surface area contributed by atoms with E-state index in [1.54, 1.807) is 6.08 Å². The second-order valence-corrected chi connectivity index (χ2v) is 5.08. The van der Waals surface area contributed by atoms with Crippen molar-refractivity contribution in [3.05, 3.63) is 65.2 Å². The van der Waals surface area contributed by atoms with Gasteiger partial charge in [0, 0.05) is 24.5 Å². The van der Waals surface area contributed by atoms with E-state index in [4.69, 9.17) is 5.11 Å². The Morgan fingerprint density at radius 2 is 1.81 bits per heavy atom. The second-order valence-electron chi connectivity index (χ2n) is 5.08. The molecule has 3 nitrogen and oxygen atoms in total. The molecule has 0 saturated carbocycles. The number of hydrogen-bond acceptors (Lipinski definition) is 2. The predicted molar refractivity (Wildman–Crippen MR) is 87.1 cm³/mol. The molecule has 0 aliphatic rings. The van der Waals surface area contributed by atoms with Crippen molar-refractivity contribution in [1.29, 1.82) is 0 Å². The third kappa shape index (κ3) is 3.51. The molecule has 0 aliphatic heterocycles. The summed E-state index contributed by atoms with van der Waals surface area (Å²) in [7, 11) is 1.99. The Morgan fingerprint density at radius 3 is 2.48 bits per heavy atom. The van der Waals surface area contributed by atoms with Crippen LogP contribution in [0.5, 0.6) is 0 Å². The van der Waals surface area contributed by atoms with Crippen LogP contribution in [0.4, 0.5) is 11.4 Å².